The number of benzene rings is 1. The molecule has 1 aliphatic heterocycles. The van der Waals surface area contributed by atoms with Crippen LogP contribution >= 0.6 is 0 Å². The van der Waals surface area contributed by atoms with E-state index in [9.17, 15) is 18.0 Å². The van der Waals surface area contributed by atoms with Crippen molar-refractivity contribution in [3.63, 3.8) is 0 Å². The first kappa shape index (κ1) is 23.8. The van der Waals surface area contributed by atoms with E-state index in [0.29, 0.717) is 5.56 Å². The number of piperidine rings is 1. The molecule has 6 nitrogen and oxygen atoms in total. The maximum atomic E-state index is 12.4. The van der Waals surface area contributed by atoms with Crippen LogP contribution in [0.15, 0.2) is 67.1 Å². The summed E-state index contributed by atoms with van der Waals surface area (Å²) in [5.74, 6) is 0.335. The summed E-state index contributed by atoms with van der Waals surface area (Å²) >= 11 is 0. The van der Waals surface area contributed by atoms with Crippen molar-refractivity contribution in [2.24, 2.45) is 0 Å². The first-order valence-electron chi connectivity index (χ1n) is 12.0. The van der Waals surface area contributed by atoms with Crippen molar-refractivity contribution in [1.82, 2.24) is 19.7 Å². The van der Waals surface area contributed by atoms with Crippen LogP contribution in [-0.4, -0.2) is 46.1 Å². The van der Waals surface area contributed by atoms with Gasteiger partial charge in [0.1, 0.15) is 18.0 Å². The molecule has 5 rings (SSSR count). The van der Waals surface area contributed by atoms with Crippen LogP contribution in [0, 0.1) is 0 Å². The fourth-order valence-electron chi connectivity index (χ4n) is 4.53. The molecule has 1 aromatic carbocycles. The zero-order chi connectivity index (χ0) is 25.1. The lowest BCUT2D eigenvalue weighted by molar-refractivity contribution is -0.138. The van der Waals surface area contributed by atoms with Crippen LogP contribution in [0.5, 0.6) is 0 Å². The Balaban J connectivity index is 1.33. The molecule has 0 spiro atoms. The van der Waals surface area contributed by atoms with E-state index in [0.717, 1.165) is 46.9 Å². The molecule has 1 amide bonds. The van der Waals surface area contributed by atoms with Crippen LogP contribution in [0.2, 0.25) is 0 Å². The molecule has 1 aliphatic rings. The SMILES string of the molecule is O=C(Cc1cccc(-c2cnc3cc(-c4ccc(N5CCCCC5)nc4)ccn23)c1)NCC(F)(F)F. The lowest BCUT2D eigenvalue weighted by Crippen LogP contribution is -2.34. The van der Waals surface area contributed by atoms with E-state index < -0.39 is 18.6 Å². The number of pyridine rings is 2. The number of aromatic nitrogens is 3. The zero-order valence-corrected chi connectivity index (χ0v) is 19.6. The molecule has 9 heteroatoms. The lowest BCUT2D eigenvalue weighted by atomic mass is 10.1. The second-order valence-electron chi connectivity index (χ2n) is 9.01. The molecule has 0 unspecified atom stereocenters. The van der Waals surface area contributed by atoms with Crippen molar-refractivity contribution in [3.05, 3.63) is 72.7 Å². The molecule has 1 fully saturated rings. The topological polar surface area (TPSA) is 62.5 Å². The molecule has 3 aromatic heterocycles. The number of fused-ring (bicyclic) bond motifs is 1. The second-order valence-corrected chi connectivity index (χ2v) is 9.01. The minimum atomic E-state index is -4.43. The highest BCUT2D eigenvalue weighted by molar-refractivity contribution is 5.79. The van der Waals surface area contributed by atoms with Gasteiger partial charge in [0.15, 0.2) is 0 Å². The van der Waals surface area contributed by atoms with Crippen LogP contribution in [-0.2, 0) is 11.2 Å². The second kappa shape index (κ2) is 10.0. The Kier molecular flexibility index (Phi) is 6.63. The number of halogens is 3. The zero-order valence-electron chi connectivity index (χ0n) is 19.6. The van der Waals surface area contributed by atoms with Gasteiger partial charge in [-0.1, -0.05) is 18.2 Å². The van der Waals surface area contributed by atoms with E-state index in [1.54, 1.807) is 24.4 Å². The standard InChI is InChI=1S/C27H26F3N5O/c28-27(29,30)18-33-26(36)14-19-5-4-6-21(13-19)23-17-32-25-15-20(9-12-35(23)25)22-7-8-24(31-16-22)34-10-2-1-3-11-34/h4-9,12-13,15-17H,1-3,10-11,14,18H2,(H,33,36). The summed E-state index contributed by atoms with van der Waals surface area (Å²) in [4.78, 5) is 23.5. The van der Waals surface area contributed by atoms with E-state index in [4.69, 9.17) is 0 Å². The molecule has 0 saturated carbocycles. The van der Waals surface area contributed by atoms with Crippen LogP contribution in [0.3, 0.4) is 0 Å². The number of hydrogen-bond donors (Lipinski definition) is 1. The Bertz CT molecular complexity index is 1360. The largest absolute Gasteiger partial charge is 0.405 e. The van der Waals surface area contributed by atoms with E-state index >= 15 is 0 Å². The number of anilines is 1. The van der Waals surface area contributed by atoms with Gasteiger partial charge in [-0.15, -0.1) is 0 Å². The van der Waals surface area contributed by atoms with Gasteiger partial charge in [0, 0.05) is 36.6 Å². The minimum Gasteiger partial charge on any atom is -0.357 e. The van der Waals surface area contributed by atoms with Gasteiger partial charge in [-0.05, 0) is 60.7 Å². The third-order valence-electron chi connectivity index (χ3n) is 6.35. The van der Waals surface area contributed by atoms with Gasteiger partial charge in [-0.25, -0.2) is 9.97 Å². The van der Waals surface area contributed by atoms with E-state index in [1.165, 1.54) is 19.3 Å². The van der Waals surface area contributed by atoms with Crippen molar-refractivity contribution in [1.29, 1.82) is 0 Å². The molecule has 186 valence electrons. The van der Waals surface area contributed by atoms with Crippen molar-refractivity contribution >= 4 is 17.4 Å². The molecule has 0 radical (unpaired) electrons. The number of nitrogens with one attached hydrogen (secondary N) is 1. The van der Waals surface area contributed by atoms with E-state index in [2.05, 4.69) is 27.0 Å². The summed E-state index contributed by atoms with van der Waals surface area (Å²) in [7, 11) is 0. The highest BCUT2D eigenvalue weighted by Gasteiger charge is 2.27. The Labute approximate surface area is 206 Å². The highest BCUT2D eigenvalue weighted by atomic mass is 19.4. The first-order chi connectivity index (χ1) is 17.4. The Hall–Kier alpha value is -3.88. The first-order valence-corrected chi connectivity index (χ1v) is 12.0. The fourth-order valence-corrected chi connectivity index (χ4v) is 4.53. The number of nitrogens with zero attached hydrogens (tertiary/aromatic N) is 4. The molecule has 1 saturated heterocycles. The Morgan fingerprint density at radius 3 is 2.50 bits per heavy atom. The highest BCUT2D eigenvalue weighted by Crippen LogP contribution is 2.27. The van der Waals surface area contributed by atoms with Gasteiger partial charge in [0.25, 0.3) is 0 Å². The number of alkyl halides is 3. The summed E-state index contributed by atoms with van der Waals surface area (Å²) < 4.78 is 39.0. The van der Waals surface area contributed by atoms with Gasteiger partial charge >= 0.3 is 6.18 Å². The number of hydrogen-bond acceptors (Lipinski definition) is 4. The third-order valence-corrected chi connectivity index (χ3v) is 6.35. The number of carbonyl (C=O) groups excluding carboxylic acids is 1. The monoisotopic (exact) mass is 493 g/mol. The molecule has 0 aliphatic carbocycles. The Morgan fingerprint density at radius 2 is 1.75 bits per heavy atom. The maximum Gasteiger partial charge on any atom is 0.405 e. The summed E-state index contributed by atoms with van der Waals surface area (Å²) in [6, 6.07) is 15.3. The third kappa shape index (κ3) is 5.50. The molecule has 4 aromatic rings. The van der Waals surface area contributed by atoms with E-state index in [-0.39, 0.29) is 6.42 Å². The Morgan fingerprint density at radius 1 is 0.917 bits per heavy atom. The molecule has 0 atom stereocenters. The van der Waals surface area contributed by atoms with Crippen molar-refractivity contribution < 1.29 is 18.0 Å². The van der Waals surface area contributed by atoms with Gasteiger partial charge in [0.2, 0.25) is 5.91 Å². The van der Waals surface area contributed by atoms with Gasteiger partial charge in [0.05, 0.1) is 18.3 Å². The fraction of sp³-hybridized carbons (Fsp3) is 0.296. The quantitative estimate of drug-likeness (QED) is 0.397. The summed E-state index contributed by atoms with van der Waals surface area (Å²) in [6.07, 6.45) is 4.71. The van der Waals surface area contributed by atoms with Crippen molar-refractivity contribution in [3.8, 4) is 22.4 Å². The maximum absolute atomic E-state index is 12.4. The van der Waals surface area contributed by atoms with Crippen molar-refractivity contribution in [2.75, 3.05) is 24.5 Å². The predicted octanol–water partition coefficient (Wildman–Crippen LogP) is 5.27. The van der Waals surface area contributed by atoms with Crippen LogP contribution in [0.4, 0.5) is 19.0 Å². The minimum absolute atomic E-state index is 0.134. The number of amides is 1. The van der Waals surface area contributed by atoms with E-state index in [1.807, 2.05) is 40.3 Å². The van der Waals surface area contributed by atoms with Crippen LogP contribution in [0.25, 0.3) is 28.0 Å². The molecular weight excluding hydrogens is 467 g/mol. The average Bonchev–Trinajstić information content (AvgIpc) is 3.31. The van der Waals surface area contributed by atoms with Crippen LogP contribution < -0.4 is 10.2 Å². The van der Waals surface area contributed by atoms with Gasteiger partial charge in [-0.2, -0.15) is 13.2 Å². The summed E-state index contributed by atoms with van der Waals surface area (Å²) in [6.45, 7) is 0.765. The van der Waals surface area contributed by atoms with Crippen LogP contribution in [0.1, 0.15) is 24.8 Å². The summed E-state index contributed by atoms with van der Waals surface area (Å²) in [5, 5.41) is 1.91. The molecule has 4 heterocycles. The number of rotatable bonds is 6. The lowest BCUT2D eigenvalue weighted by Gasteiger charge is -2.27. The number of carbonyl (C=O) groups is 1. The molecule has 36 heavy (non-hydrogen) atoms. The predicted molar refractivity (Wildman–Crippen MR) is 133 cm³/mol. The normalized spacial score (nSPS) is 14.2. The van der Waals surface area contributed by atoms with Crippen molar-refractivity contribution in [2.45, 2.75) is 31.9 Å². The van der Waals surface area contributed by atoms with Gasteiger partial charge in [-0.3, -0.25) is 9.20 Å². The molecular formula is C27H26F3N5O. The number of imidazole rings is 1. The summed E-state index contributed by atoms with van der Waals surface area (Å²) in [5.41, 5.74) is 5.05. The van der Waals surface area contributed by atoms with Gasteiger partial charge < -0.3 is 10.2 Å². The smallest absolute Gasteiger partial charge is 0.357 e. The average molecular weight is 494 g/mol. The molecule has 1 N–H and O–H groups in total. The molecule has 0 bridgehead atoms.